The van der Waals surface area contributed by atoms with Gasteiger partial charge in [-0.15, -0.1) is 0 Å². The van der Waals surface area contributed by atoms with E-state index in [9.17, 15) is 0 Å². The van der Waals surface area contributed by atoms with Gasteiger partial charge < -0.3 is 19.9 Å². The van der Waals surface area contributed by atoms with Crippen LogP contribution in [0.5, 0.6) is 23.0 Å². The molecule has 0 atom stereocenters. The highest BCUT2D eigenvalue weighted by Gasteiger charge is 2.08. The molecule has 0 unspecified atom stereocenters. The van der Waals surface area contributed by atoms with E-state index in [0.717, 1.165) is 0 Å². The number of hydrogen-bond acceptors (Lipinski definition) is 4. The molecule has 0 spiro atoms. The van der Waals surface area contributed by atoms with E-state index in [-0.39, 0.29) is 0 Å². The molecule has 0 aliphatic heterocycles. The van der Waals surface area contributed by atoms with E-state index in [0.29, 0.717) is 35.3 Å². The molecule has 0 radical (unpaired) electrons. The molecule has 0 amide bonds. The molecular weight excluding hydrogens is 242 g/mol. The number of nitrogens with two attached hydrogens (primary N) is 1. The van der Waals surface area contributed by atoms with E-state index in [1.54, 1.807) is 25.3 Å². The van der Waals surface area contributed by atoms with Gasteiger partial charge in [0.05, 0.1) is 19.4 Å². The SMILES string of the molecule is CCOc1ccccc1Oc1ccc(OC)cc1N. The molecular formula is C15H17NO3. The van der Waals surface area contributed by atoms with Crippen molar-refractivity contribution >= 4 is 5.69 Å². The van der Waals surface area contributed by atoms with Gasteiger partial charge in [0.2, 0.25) is 0 Å². The second kappa shape index (κ2) is 6.00. The van der Waals surface area contributed by atoms with E-state index in [4.69, 9.17) is 19.9 Å². The van der Waals surface area contributed by atoms with Crippen molar-refractivity contribution < 1.29 is 14.2 Å². The first-order valence-corrected chi connectivity index (χ1v) is 6.07. The van der Waals surface area contributed by atoms with Crippen LogP contribution in [0.25, 0.3) is 0 Å². The van der Waals surface area contributed by atoms with Gasteiger partial charge in [0, 0.05) is 6.07 Å². The van der Waals surface area contributed by atoms with Crippen molar-refractivity contribution in [2.24, 2.45) is 0 Å². The van der Waals surface area contributed by atoms with Crippen LogP contribution in [0.1, 0.15) is 6.92 Å². The average molecular weight is 259 g/mol. The molecule has 100 valence electrons. The number of methoxy groups -OCH3 is 1. The maximum Gasteiger partial charge on any atom is 0.169 e. The lowest BCUT2D eigenvalue weighted by molar-refractivity contribution is 0.321. The van der Waals surface area contributed by atoms with Crippen molar-refractivity contribution in [3.63, 3.8) is 0 Å². The minimum Gasteiger partial charge on any atom is -0.497 e. The van der Waals surface area contributed by atoms with E-state index in [2.05, 4.69) is 0 Å². The van der Waals surface area contributed by atoms with Gasteiger partial charge in [0.25, 0.3) is 0 Å². The first kappa shape index (κ1) is 13.1. The Morgan fingerprint density at radius 2 is 1.74 bits per heavy atom. The van der Waals surface area contributed by atoms with E-state index in [1.807, 2.05) is 31.2 Å². The molecule has 0 fully saturated rings. The Balaban J connectivity index is 2.26. The third-order valence-corrected chi connectivity index (χ3v) is 2.59. The maximum absolute atomic E-state index is 5.92. The second-order valence-electron chi connectivity index (χ2n) is 3.89. The summed E-state index contributed by atoms with van der Waals surface area (Å²) in [4.78, 5) is 0. The van der Waals surface area contributed by atoms with Crippen molar-refractivity contribution in [1.29, 1.82) is 0 Å². The normalized spacial score (nSPS) is 10.0. The highest BCUT2D eigenvalue weighted by Crippen LogP contribution is 2.35. The summed E-state index contributed by atoms with van der Waals surface area (Å²) in [7, 11) is 1.60. The van der Waals surface area contributed by atoms with Crippen molar-refractivity contribution in [2.75, 3.05) is 19.5 Å². The van der Waals surface area contributed by atoms with Crippen molar-refractivity contribution in [1.82, 2.24) is 0 Å². The highest BCUT2D eigenvalue weighted by atomic mass is 16.5. The third kappa shape index (κ3) is 3.10. The predicted molar refractivity (Wildman–Crippen MR) is 75.1 cm³/mol. The predicted octanol–water partition coefficient (Wildman–Crippen LogP) is 3.47. The van der Waals surface area contributed by atoms with Crippen molar-refractivity contribution in [2.45, 2.75) is 6.92 Å². The zero-order chi connectivity index (χ0) is 13.7. The lowest BCUT2D eigenvalue weighted by Gasteiger charge is -2.13. The van der Waals surface area contributed by atoms with Crippen LogP contribution in [-0.2, 0) is 0 Å². The molecule has 4 heteroatoms. The molecule has 0 aliphatic rings. The number of anilines is 1. The number of para-hydroxylation sites is 2. The Morgan fingerprint density at radius 3 is 2.37 bits per heavy atom. The Morgan fingerprint density at radius 1 is 1.00 bits per heavy atom. The van der Waals surface area contributed by atoms with Crippen LogP contribution in [0.15, 0.2) is 42.5 Å². The molecule has 2 rings (SSSR count). The van der Waals surface area contributed by atoms with Gasteiger partial charge >= 0.3 is 0 Å². The zero-order valence-corrected chi connectivity index (χ0v) is 11.1. The molecule has 0 aliphatic carbocycles. The van der Waals surface area contributed by atoms with Crippen molar-refractivity contribution in [3.8, 4) is 23.0 Å². The number of benzene rings is 2. The van der Waals surface area contributed by atoms with Gasteiger partial charge in [-0.25, -0.2) is 0 Å². The maximum atomic E-state index is 5.92. The minimum absolute atomic E-state index is 0.519. The van der Waals surface area contributed by atoms with E-state index < -0.39 is 0 Å². The highest BCUT2D eigenvalue weighted by molar-refractivity contribution is 5.58. The molecule has 2 aromatic carbocycles. The fraction of sp³-hybridized carbons (Fsp3) is 0.200. The smallest absolute Gasteiger partial charge is 0.169 e. The number of ether oxygens (including phenoxy) is 3. The van der Waals surface area contributed by atoms with Crippen LogP contribution in [0.3, 0.4) is 0 Å². The Hall–Kier alpha value is -2.36. The molecule has 4 nitrogen and oxygen atoms in total. The fourth-order valence-electron chi connectivity index (χ4n) is 1.67. The fourth-order valence-corrected chi connectivity index (χ4v) is 1.67. The molecule has 19 heavy (non-hydrogen) atoms. The Labute approximate surface area is 112 Å². The second-order valence-corrected chi connectivity index (χ2v) is 3.89. The molecule has 2 aromatic rings. The summed E-state index contributed by atoms with van der Waals surface area (Å²) >= 11 is 0. The first-order valence-electron chi connectivity index (χ1n) is 6.07. The molecule has 0 saturated carbocycles. The number of nitrogen functional groups attached to an aromatic ring is 1. The summed E-state index contributed by atoms with van der Waals surface area (Å²) in [6, 6.07) is 12.8. The molecule has 0 saturated heterocycles. The molecule has 2 N–H and O–H groups in total. The summed E-state index contributed by atoms with van der Waals surface area (Å²) < 4.78 is 16.4. The average Bonchev–Trinajstić information content (AvgIpc) is 2.43. The van der Waals surface area contributed by atoms with Gasteiger partial charge in [-0.1, -0.05) is 12.1 Å². The third-order valence-electron chi connectivity index (χ3n) is 2.59. The zero-order valence-electron chi connectivity index (χ0n) is 11.1. The standard InChI is InChI=1S/C15H17NO3/c1-3-18-14-6-4-5-7-15(14)19-13-9-8-11(17-2)10-12(13)16/h4-10H,3,16H2,1-2H3. The minimum atomic E-state index is 0.519. The van der Waals surface area contributed by atoms with Crippen LogP contribution in [0, 0.1) is 0 Å². The van der Waals surface area contributed by atoms with E-state index >= 15 is 0 Å². The molecule has 0 heterocycles. The number of hydrogen-bond donors (Lipinski definition) is 1. The van der Waals surface area contributed by atoms with E-state index in [1.165, 1.54) is 0 Å². The number of rotatable bonds is 5. The van der Waals surface area contributed by atoms with Gasteiger partial charge in [0.1, 0.15) is 5.75 Å². The Bertz CT molecular complexity index is 555. The summed E-state index contributed by atoms with van der Waals surface area (Å²) in [5.41, 5.74) is 6.44. The van der Waals surface area contributed by atoms with Crippen LogP contribution < -0.4 is 19.9 Å². The van der Waals surface area contributed by atoms with Crippen LogP contribution in [0.2, 0.25) is 0 Å². The van der Waals surface area contributed by atoms with Gasteiger partial charge in [-0.2, -0.15) is 0 Å². The van der Waals surface area contributed by atoms with Gasteiger partial charge in [-0.3, -0.25) is 0 Å². The summed E-state index contributed by atoms with van der Waals surface area (Å²) in [5, 5.41) is 0. The van der Waals surface area contributed by atoms with Crippen molar-refractivity contribution in [3.05, 3.63) is 42.5 Å². The monoisotopic (exact) mass is 259 g/mol. The lowest BCUT2D eigenvalue weighted by Crippen LogP contribution is -1.97. The first-order chi connectivity index (χ1) is 9.24. The molecule has 0 aromatic heterocycles. The van der Waals surface area contributed by atoms with Crippen LogP contribution >= 0.6 is 0 Å². The van der Waals surface area contributed by atoms with Crippen LogP contribution in [0.4, 0.5) is 5.69 Å². The van der Waals surface area contributed by atoms with Gasteiger partial charge in [0.15, 0.2) is 17.2 Å². The summed E-state index contributed by atoms with van der Waals surface area (Å²) in [5.74, 6) is 2.61. The van der Waals surface area contributed by atoms with Gasteiger partial charge in [-0.05, 0) is 31.2 Å². The largest absolute Gasteiger partial charge is 0.497 e. The molecule has 0 bridgehead atoms. The van der Waals surface area contributed by atoms with Crippen LogP contribution in [-0.4, -0.2) is 13.7 Å². The quantitative estimate of drug-likeness (QED) is 0.835. The topological polar surface area (TPSA) is 53.7 Å². The summed E-state index contributed by atoms with van der Waals surface area (Å²) in [6.45, 7) is 2.51. The lowest BCUT2D eigenvalue weighted by atomic mass is 10.2. The summed E-state index contributed by atoms with van der Waals surface area (Å²) in [6.07, 6.45) is 0. The Kier molecular flexibility index (Phi) is 4.13.